The van der Waals surface area contributed by atoms with E-state index in [9.17, 15) is 13.2 Å². The van der Waals surface area contributed by atoms with Crippen molar-refractivity contribution >= 4 is 23.2 Å². The molecule has 0 saturated carbocycles. The first-order valence-corrected chi connectivity index (χ1v) is 5.25. The second-order valence-corrected chi connectivity index (χ2v) is 3.60. The fraction of sp³-hybridized carbons (Fsp3) is 0.100. The number of nitrogens with zero attached hydrogens (tertiary/aromatic N) is 3. The molecule has 0 amide bonds. The second kappa shape index (κ2) is 5.27. The molecule has 0 aliphatic carbocycles. The van der Waals surface area contributed by atoms with Crippen LogP contribution in [0.25, 0.3) is 0 Å². The van der Waals surface area contributed by atoms with Crippen LogP contribution >= 0.6 is 11.6 Å². The third kappa shape index (κ3) is 2.84. The number of nitrogens with one attached hydrogen (secondary N) is 1. The third-order valence-corrected chi connectivity index (χ3v) is 2.22. The van der Waals surface area contributed by atoms with E-state index in [1.165, 1.54) is 7.11 Å². The summed E-state index contributed by atoms with van der Waals surface area (Å²) < 4.78 is 43.9. The van der Waals surface area contributed by atoms with E-state index in [1.807, 2.05) is 0 Å². The fourth-order valence-electron chi connectivity index (χ4n) is 1.22. The van der Waals surface area contributed by atoms with E-state index >= 15 is 0 Å². The number of halogens is 4. The van der Waals surface area contributed by atoms with Crippen LogP contribution in [0.15, 0.2) is 12.1 Å². The van der Waals surface area contributed by atoms with E-state index in [-0.39, 0.29) is 22.9 Å². The summed E-state index contributed by atoms with van der Waals surface area (Å²) in [6, 6.07) is 1.66. The summed E-state index contributed by atoms with van der Waals surface area (Å²) in [6.45, 7) is 0. The molecule has 1 aromatic heterocycles. The lowest BCUT2D eigenvalue weighted by Crippen LogP contribution is -2.04. The highest BCUT2D eigenvalue weighted by Gasteiger charge is 2.15. The minimum absolute atomic E-state index is 0.106. The highest BCUT2D eigenvalue weighted by Crippen LogP contribution is 2.23. The summed E-state index contributed by atoms with van der Waals surface area (Å²) in [7, 11) is 1.30. The summed E-state index contributed by atoms with van der Waals surface area (Å²) >= 11 is 5.58. The molecule has 0 radical (unpaired) electrons. The number of hydrogen-bond acceptors (Lipinski definition) is 5. The molecule has 0 atom stereocenters. The lowest BCUT2D eigenvalue weighted by molar-refractivity contribution is 0.379. The van der Waals surface area contributed by atoms with Crippen LogP contribution in [0, 0.1) is 17.5 Å². The van der Waals surface area contributed by atoms with Gasteiger partial charge in [-0.25, -0.2) is 13.2 Å². The zero-order valence-electron chi connectivity index (χ0n) is 9.42. The Morgan fingerprint density at radius 1 is 1.11 bits per heavy atom. The Bertz CT molecular complexity index is 626. The predicted molar refractivity (Wildman–Crippen MR) is 61.0 cm³/mol. The molecule has 2 rings (SSSR count). The first-order chi connectivity index (χ1) is 9.01. The molecule has 0 aliphatic rings. The maximum absolute atomic E-state index is 13.4. The van der Waals surface area contributed by atoms with Crippen LogP contribution in [0.3, 0.4) is 0 Å². The maximum atomic E-state index is 13.4. The third-order valence-electron chi connectivity index (χ3n) is 2.05. The molecule has 19 heavy (non-hydrogen) atoms. The van der Waals surface area contributed by atoms with Crippen LogP contribution in [0.4, 0.5) is 24.8 Å². The minimum atomic E-state index is -1.60. The second-order valence-electron chi connectivity index (χ2n) is 3.26. The lowest BCUT2D eigenvalue weighted by atomic mass is 10.3. The van der Waals surface area contributed by atoms with Crippen LogP contribution in [-0.2, 0) is 0 Å². The highest BCUT2D eigenvalue weighted by molar-refractivity contribution is 6.28. The zero-order chi connectivity index (χ0) is 14.0. The summed E-state index contributed by atoms with van der Waals surface area (Å²) in [5.74, 6) is -4.45. The van der Waals surface area contributed by atoms with Crippen molar-refractivity contribution in [1.29, 1.82) is 0 Å². The summed E-state index contributed by atoms with van der Waals surface area (Å²) in [5.41, 5.74) is -0.344. The molecule has 0 spiro atoms. The summed E-state index contributed by atoms with van der Waals surface area (Å²) in [6.07, 6.45) is 0. The van der Waals surface area contributed by atoms with E-state index in [0.29, 0.717) is 0 Å². The highest BCUT2D eigenvalue weighted by atomic mass is 35.5. The van der Waals surface area contributed by atoms with E-state index in [1.54, 1.807) is 0 Å². The van der Waals surface area contributed by atoms with Crippen molar-refractivity contribution in [2.45, 2.75) is 0 Å². The Morgan fingerprint density at radius 3 is 2.53 bits per heavy atom. The van der Waals surface area contributed by atoms with Gasteiger partial charge < -0.3 is 10.1 Å². The van der Waals surface area contributed by atoms with Crippen LogP contribution in [0.2, 0.25) is 5.28 Å². The van der Waals surface area contributed by atoms with Crippen molar-refractivity contribution in [3.05, 3.63) is 34.9 Å². The molecular formula is C10H6ClF3N4O. The van der Waals surface area contributed by atoms with Gasteiger partial charge in [-0.2, -0.15) is 15.0 Å². The van der Waals surface area contributed by atoms with E-state index in [0.717, 1.165) is 12.1 Å². The van der Waals surface area contributed by atoms with E-state index in [2.05, 4.69) is 20.3 Å². The van der Waals surface area contributed by atoms with E-state index in [4.69, 9.17) is 16.3 Å². The Labute approximate surface area is 110 Å². The number of aromatic nitrogens is 3. The van der Waals surface area contributed by atoms with Gasteiger partial charge in [0.1, 0.15) is 0 Å². The molecule has 0 saturated heterocycles. The summed E-state index contributed by atoms with van der Waals surface area (Å²) in [4.78, 5) is 11.0. The van der Waals surface area contributed by atoms with Crippen molar-refractivity contribution in [1.82, 2.24) is 15.0 Å². The lowest BCUT2D eigenvalue weighted by Gasteiger charge is -2.07. The van der Waals surface area contributed by atoms with Gasteiger partial charge in [-0.3, -0.25) is 0 Å². The minimum Gasteiger partial charge on any atom is -0.467 e. The van der Waals surface area contributed by atoms with Gasteiger partial charge in [0.15, 0.2) is 17.5 Å². The molecule has 1 heterocycles. The van der Waals surface area contributed by atoms with Crippen LogP contribution in [-0.4, -0.2) is 22.1 Å². The van der Waals surface area contributed by atoms with Crippen molar-refractivity contribution < 1.29 is 17.9 Å². The number of hydrogen-bond donors (Lipinski definition) is 1. The number of anilines is 2. The van der Waals surface area contributed by atoms with E-state index < -0.39 is 17.5 Å². The fourth-order valence-corrected chi connectivity index (χ4v) is 1.37. The molecule has 0 bridgehead atoms. The monoisotopic (exact) mass is 290 g/mol. The average Bonchev–Trinajstić information content (AvgIpc) is 2.39. The van der Waals surface area contributed by atoms with Crippen molar-refractivity contribution in [3.8, 4) is 6.01 Å². The number of rotatable bonds is 3. The molecule has 100 valence electrons. The largest absolute Gasteiger partial charge is 0.467 e. The topological polar surface area (TPSA) is 59.9 Å². The average molecular weight is 291 g/mol. The molecule has 1 N–H and O–H groups in total. The standard InChI is InChI=1S/C10H6ClF3N4O/c1-19-10-17-8(11)16-9(18-10)15-5-3-2-4(12)6(13)7(5)14/h2-3H,1H3,(H,15,16,17,18). The molecule has 2 aromatic rings. The Hall–Kier alpha value is -2.09. The maximum Gasteiger partial charge on any atom is 0.322 e. The van der Waals surface area contributed by atoms with Gasteiger partial charge in [-0.05, 0) is 23.7 Å². The smallest absolute Gasteiger partial charge is 0.322 e. The predicted octanol–water partition coefficient (Wildman–Crippen LogP) is 2.69. The van der Waals surface area contributed by atoms with Gasteiger partial charge in [0.25, 0.3) is 0 Å². The Kier molecular flexibility index (Phi) is 3.70. The molecule has 1 aromatic carbocycles. The molecule has 5 nitrogen and oxygen atoms in total. The molecule has 9 heteroatoms. The number of benzene rings is 1. The van der Waals surface area contributed by atoms with Gasteiger partial charge in [0, 0.05) is 0 Å². The number of methoxy groups -OCH3 is 1. The SMILES string of the molecule is COc1nc(Cl)nc(Nc2ccc(F)c(F)c2F)n1. The van der Waals surface area contributed by atoms with Gasteiger partial charge in [0.05, 0.1) is 12.8 Å². The van der Waals surface area contributed by atoms with Crippen molar-refractivity contribution in [3.63, 3.8) is 0 Å². The Balaban J connectivity index is 2.36. The van der Waals surface area contributed by atoms with Crippen LogP contribution < -0.4 is 10.1 Å². The molecule has 0 aliphatic heterocycles. The van der Waals surface area contributed by atoms with Gasteiger partial charge in [-0.15, -0.1) is 0 Å². The Morgan fingerprint density at radius 2 is 1.84 bits per heavy atom. The quantitative estimate of drug-likeness (QED) is 0.881. The van der Waals surface area contributed by atoms with Crippen molar-refractivity contribution in [2.24, 2.45) is 0 Å². The van der Waals surface area contributed by atoms with Crippen molar-refractivity contribution in [2.75, 3.05) is 12.4 Å². The van der Waals surface area contributed by atoms with Gasteiger partial charge in [-0.1, -0.05) is 0 Å². The number of ether oxygens (including phenoxy) is 1. The first kappa shape index (κ1) is 13.3. The first-order valence-electron chi connectivity index (χ1n) is 4.87. The summed E-state index contributed by atoms with van der Waals surface area (Å²) in [5, 5.41) is 2.15. The van der Waals surface area contributed by atoms with Gasteiger partial charge >= 0.3 is 6.01 Å². The van der Waals surface area contributed by atoms with Crippen LogP contribution in [0.5, 0.6) is 6.01 Å². The van der Waals surface area contributed by atoms with Gasteiger partial charge in [0.2, 0.25) is 11.2 Å². The molecular weight excluding hydrogens is 285 g/mol. The molecule has 0 unspecified atom stereocenters. The normalized spacial score (nSPS) is 10.4. The molecule has 0 fully saturated rings. The zero-order valence-corrected chi connectivity index (χ0v) is 10.2. The van der Waals surface area contributed by atoms with Crippen LogP contribution in [0.1, 0.15) is 0 Å².